The van der Waals surface area contributed by atoms with Crippen molar-refractivity contribution < 1.29 is 13.2 Å². The van der Waals surface area contributed by atoms with E-state index in [9.17, 15) is 13.2 Å². The van der Waals surface area contributed by atoms with E-state index in [4.69, 9.17) is 14.7 Å². The molecule has 5 rings (SSSR count). The summed E-state index contributed by atoms with van der Waals surface area (Å²) in [6.07, 6.45) is 6.66. The number of nitrogens with one attached hydrogen (secondary N) is 1. The van der Waals surface area contributed by atoms with Gasteiger partial charge in [0.15, 0.2) is 27.1 Å². The van der Waals surface area contributed by atoms with Gasteiger partial charge in [-0.2, -0.15) is 0 Å². The Kier molecular flexibility index (Phi) is 7.02. The Labute approximate surface area is 225 Å². The van der Waals surface area contributed by atoms with Crippen LogP contribution in [0.5, 0.6) is 5.88 Å². The summed E-state index contributed by atoms with van der Waals surface area (Å²) in [4.78, 5) is 41.0. The molecule has 1 aliphatic carbocycles. The molecule has 0 unspecified atom stereocenters. The summed E-state index contributed by atoms with van der Waals surface area (Å²) >= 11 is 0. The number of aromatic nitrogens is 7. The predicted octanol–water partition coefficient (Wildman–Crippen LogP) is 3.22. The Bertz CT molecular complexity index is 1720. The van der Waals surface area contributed by atoms with E-state index in [1.54, 1.807) is 17.7 Å². The number of hydrogen-bond acceptors (Lipinski definition) is 11. The van der Waals surface area contributed by atoms with Crippen molar-refractivity contribution in [3.8, 4) is 17.3 Å². The Morgan fingerprint density at radius 2 is 1.92 bits per heavy atom. The molecule has 0 bridgehead atoms. The number of fused-ring (bicyclic) bond motifs is 1. The van der Waals surface area contributed by atoms with Crippen molar-refractivity contribution in [1.29, 1.82) is 0 Å². The largest absolute Gasteiger partial charge is 0.480 e. The second-order valence-electron chi connectivity index (χ2n) is 9.73. The molecule has 0 spiro atoms. The molecule has 0 amide bonds. The highest BCUT2D eigenvalue weighted by Crippen LogP contribution is 2.45. The number of hydrogen-bond donors (Lipinski definition) is 1. The van der Waals surface area contributed by atoms with Gasteiger partial charge in [-0.25, -0.2) is 33.3 Å². The smallest absolute Gasteiger partial charge is 0.295 e. The number of pyridine rings is 1. The summed E-state index contributed by atoms with van der Waals surface area (Å²) < 4.78 is 30.6. The molecular formula is C26H30N8O4S. The molecule has 13 heteroatoms. The van der Waals surface area contributed by atoms with Crippen molar-refractivity contribution in [3.05, 3.63) is 52.1 Å². The second kappa shape index (κ2) is 10.3. The fourth-order valence-corrected chi connectivity index (χ4v) is 4.92. The molecule has 1 fully saturated rings. The molecule has 12 nitrogen and oxygen atoms in total. The number of sulfone groups is 1. The zero-order chi connectivity index (χ0) is 27.9. The van der Waals surface area contributed by atoms with Crippen LogP contribution in [0.2, 0.25) is 0 Å². The summed E-state index contributed by atoms with van der Waals surface area (Å²) in [7, 11) is -1.80. The van der Waals surface area contributed by atoms with Crippen LogP contribution in [0.4, 0.5) is 5.82 Å². The lowest BCUT2D eigenvalue weighted by Crippen LogP contribution is -2.29. The van der Waals surface area contributed by atoms with Gasteiger partial charge in [0.2, 0.25) is 5.88 Å². The van der Waals surface area contributed by atoms with Gasteiger partial charge in [-0.3, -0.25) is 14.3 Å². The quantitative estimate of drug-likeness (QED) is 0.326. The van der Waals surface area contributed by atoms with E-state index >= 15 is 0 Å². The molecular weight excluding hydrogens is 520 g/mol. The Balaban J connectivity index is 1.60. The third-order valence-electron chi connectivity index (χ3n) is 6.83. The summed E-state index contributed by atoms with van der Waals surface area (Å²) in [6.45, 7) is 5.96. The monoisotopic (exact) mass is 550 g/mol. The van der Waals surface area contributed by atoms with Gasteiger partial charge in [-0.15, -0.1) is 0 Å². The first-order valence-corrected chi connectivity index (χ1v) is 14.6. The minimum atomic E-state index is -3.35. The summed E-state index contributed by atoms with van der Waals surface area (Å²) in [5, 5.41) is 3.07. The Morgan fingerprint density at radius 1 is 1.15 bits per heavy atom. The number of methoxy groups -OCH3 is 1. The molecule has 0 aliphatic heterocycles. The van der Waals surface area contributed by atoms with E-state index in [0.717, 1.165) is 24.8 Å². The predicted molar refractivity (Wildman–Crippen MR) is 146 cm³/mol. The fourth-order valence-electron chi connectivity index (χ4n) is 4.36. The highest BCUT2D eigenvalue weighted by atomic mass is 32.2. The van der Waals surface area contributed by atoms with Gasteiger partial charge >= 0.3 is 0 Å². The van der Waals surface area contributed by atoms with E-state index in [1.807, 2.05) is 20.8 Å². The maximum Gasteiger partial charge on any atom is 0.295 e. The zero-order valence-electron chi connectivity index (χ0n) is 22.5. The minimum absolute atomic E-state index is 0.128. The molecule has 4 heterocycles. The van der Waals surface area contributed by atoms with Crippen molar-refractivity contribution in [2.75, 3.05) is 18.7 Å². The van der Waals surface area contributed by atoms with Gasteiger partial charge in [0, 0.05) is 24.4 Å². The van der Waals surface area contributed by atoms with Crippen LogP contribution >= 0.6 is 0 Å². The van der Waals surface area contributed by atoms with E-state index in [2.05, 4.69) is 25.3 Å². The van der Waals surface area contributed by atoms with Crippen LogP contribution in [0.3, 0.4) is 0 Å². The summed E-state index contributed by atoms with van der Waals surface area (Å²) in [5.74, 6) is 1.23. The maximum absolute atomic E-state index is 13.7. The average molecular weight is 551 g/mol. The van der Waals surface area contributed by atoms with Gasteiger partial charge in [-0.1, -0.05) is 6.92 Å². The van der Waals surface area contributed by atoms with Gasteiger partial charge in [0.25, 0.3) is 5.56 Å². The normalized spacial score (nSPS) is 14.4. The lowest BCUT2D eigenvalue weighted by Gasteiger charge is -2.19. The van der Waals surface area contributed by atoms with E-state index in [0.29, 0.717) is 52.2 Å². The molecule has 204 valence electrons. The first-order chi connectivity index (χ1) is 18.6. The second-order valence-corrected chi connectivity index (χ2v) is 11.7. The molecule has 4 aromatic rings. The molecule has 39 heavy (non-hydrogen) atoms. The lowest BCUT2D eigenvalue weighted by molar-refractivity contribution is 0.397. The van der Waals surface area contributed by atoms with Gasteiger partial charge < -0.3 is 10.1 Å². The summed E-state index contributed by atoms with van der Waals surface area (Å²) in [5.41, 5.74) is 3.23. The first-order valence-electron chi connectivity index (χ1n) is 12.7. The Hall–Kier alpha value is -4.00. The van der Waals surface area contributed by atoms with Crippen molar-refractivity contribution >= 4 is 26.8 Å². The Morgan fingerprint density at radius 3 is 2.54 bits per heavy atom. The van der Waals surface area contributed by atoms with Gasteiger partial charge in [0.1, 0.15) is 17.4 Å². The minimum Gasteiger partial charge on any atom is -0.480 e. The molecule has 4 aromatic heterocycles. The van der Waals surface area contributed by atoms with Crippen LogP contribution in [0, 0.1) is 6.92 Å². The van der Waals surface area contributed by atoms with Crippen molar-refractivity contribution in [2.45, 2.75) is 63.4 Å². The topological polar surface area (TPSA) is 155 Å². The molecule has 0 radical (unpaired) electrons. The first kappa shape index (κ1) is 26.6. The highest BCUT2D eigenvalue weighted by Gasteiger charge is 2.32. The van der Waals surface area contributed by atoms with E-state index in [-0.39, 0.29) is 28.9 Å². The van der Waals surface area contributed by atoms with Crippen LogP contribution < -0.4 is 15.6 Å². The van der Waals surface area contributed by atoms with Crippen LogP contribution in [0.15, 0.2) is 34.3 Å². The number of aryl methyl sites for hydroxylation is 1. The SMILES string of the molecule is CC[C@H](C)n1c(=O)c(NCc2ccc(S(C)(=O)=O)cn2)nc2c(C)nc(-c3c(OC)ncnc3C3CC3)nc21. The third kappa shape index (κ3) is 5.18. The molecule has 0 aromatic carbocycles. The van der Waals surface area contributed by atoms with Crippen LogP contribution in [0.25, 0.3) is 22.6 Å². The third-order valence-corrected chi connectivity index (χ3v) is 7.93. The molecule has 1 N–H and O–H groups in total. The highest BCUT2D eigenvalue weighted by molar-refractivity contribution is 7.90. The number of ether oxygens (including phenoxy) is 1. The summed E-state index contributed by atoms with van der Waals surface area (Å²) in [6, 6.07) is 2.92. The number of anilines is 1. The van der Waals surface area contributed by atoms with E-state index < -0.39 is 9.84 Å². The zero-order valence-corrected chi connectivity index (χ0v) is 23.3. The number of nitrogens with zero attached hydrogens (tertiary/aromatic N) is 7. The fraction of sp³-hybridized carbons (Fsp3) is 0.423. The standard InChI is InChI=1S/C26H30N8O4S/c1-6-14(2)34-24-20(32-23(26(34)35)28-11-17-9-10-18(12-27-17)39(5,36)37)15(3)31-22(33-24)19-21(16-7-8-16)29-13-30-25(19)38-4/h9-10,12-14,16H,6-8,11H2,1-5H3,(H,28,32)/t14-/m0/s1. The number of rotatable bonds is 9. The lowest BCUT2D eigenvalue weighted by atomic mass is 10.1. The molecule has 1 aliphatic rings. The molecule has 0 saturated heterocycles. The van der Waals surface area contributed by atoms with Crippen LogP contribution in [-0.2, 0) is 16.4 Å². The van der Waals surface area contributed by atoms with Crippen molar-refractivity contribution in [2.24, 2.45) is 0 Å². The van der Waals surface area contributed by atoms with Crippen LogP contribution in [-0.4, -0.2) is 56.3 Å². The van der Waals surface area contributed by atoms with E-state index in [1.165, 1.54) is 18.6 Å². The van der Waals surface area contributed by atoms with Gasteiger partial charge in [0.05, 0.1) is 35.6 Å². The van der Waals surface area contributed by atoms with Gasteiger partial charge in [-0.05, 0) is 45.2 Å². The van der Waals surface area contributed by atoms with Crippen molar-refractivity contribution in [3.63, 3.8) is 0 Å². The molecule has 1 saturated carbocycles. The average Bonchev–Trinajstić information content (AvgIpc) is 3.76. The maximum atomic E-state index is 13.7. The van der Waals surface area contributed by atoms with Crippen molar-refractivity contribution in [1.82, 2.24) is 34.5 Å². The molecule has 1 atom stereocenters. The van der Waals surface area contributed by atoms with Crippen LogP contribution in [0.1, 0.15) is 62.2 Å².